The monoisotopic (exact) mass is 1990 g/mol. The number of aliphatic hydroxyl groups excluding tert-OH is 1. The Morgan fingerprint density at radius 3 is 0.866 bits per heavy atom. The standard InChI is InChI=1S/C11H16N2O5S.C10H13N3O5S.C10H11N3O4S.C10H12N2O6S.C10H14N2O5S.C9H11BrN2O4S.C9H12N2O5S/c1-8-5-9(7-18-4)10(13(14)15)6-11(8)19(16,17)12(2)3;1-6-4-7(10(11)14)8(13(15)16)5-9(6)19(17,18)12(2)3;1-7-4-8(6-11)9(13(14)15)5-10(7)18(16,17)12(2)3;1-6-4-7(10(13)14)8(12(15)16)5-9(6)19(17,18)11(2)3;1-7-4-8(6-13)9(12(14)15)5-10(7)18(16,17)11(2)3;1-6-4-7(10)8(12(13)14)5-9(6)17(15,16)11(2)3;1-6-4-8(12)7(11(13)14)5-9(6)17(15,16)10(2)3/h5-6H,7H2,1-4H3;4-5H,1-3H3,(H2,11,14);4-5H,1-3H3;4-5H,1-3H3,(H,13,14);4-5,13H,6H2,1-3H3;4-5H,1-3H3;4-5,12H,1-3H3. The number of primary amides is 1. The van der Waals surface area contributed by atoms with Gasteiger partial charge in [0.15, 0.2) is 5.75 Å². The molecule has 0 unspecified atom stereocenters. The lowest BCUT2D eigenvalue weighted by Gasteiger charge is -2.14. The lowest BCUT2D eigenvalue weighted by molar-refractivity contribution is -0.386. The summed E-state index contributed by atoms with van der Waals surface area (Å²) in [6.45, 7) is 10.0. The fourth-order valence-corrected chi connectivity index (χ4v) is 18.5. The molecule has 0 saturated carbocycles. The van der Waals surface area contributed by atoms with Crippen molar-refractivity contribution >= 4 is 138 Å². The number of nitriles is 1. The van der Waals surface area contributed by atoms with Crippen LogP contribution in [0.15, 0.2) is 124 Å². The highest BCUT2D eigenvalue weighted by atomic mass is 79.9. The van der Waals surface area contributed by atoms with Crippen LogP contribution in [-0.2, 0) is 88.1 Å². The summed E-state index contributed by atoms with van der Waals surface area (Å²) in [6, 6.07) is 16.8. The Labute approximate surface area is 737 Å². The Morgan fingerprint density at radius 2 is 0.598 bits per heavy atom. The van der Waals surface area contributed by atoms with Crippen molar-refractivity contribution in [2.24, 2.45) is 5.73 Å². The van der Waals surface area contributed by atoms with Crippen LogP contribution in [-0.4, -0.2) is 256 Å². The van der Waals surface area contributed by atoms with Crippen LogP contribution in [0.3, 0.4) is 0 Å². The van der Waals surface area contributed by atoms with Crippen LogP contribution < -0.4 is 5.73 Å². The summed E-state index contributed by atoms with van der Waals surface area (Å²) in [7, 11) is -6.22. The van der Waals surface area contributed by atoms with Crippen molar-refractivity contribution in [3.8, 4) is 11.8 Å². The minimum Gasteiger partial charge on any atom is -0.502 e. The summed E-state index contributed by atoms with van der Waals surface area (Å²) in [5.74, 6) is -3.02. The molecular weight excluding hydrogens is 1900 g/mol. The number of carbonyl (C=O) groups is 2. The first-order valence-electron chi connectivity index (χ1n) is 34.5. The molecule has 0 radical (unpaired) electrons. The minimum absolute atomic E-state index is 0.0550. The van der Waals surface area contributed by atoms with Crippen LogP contribution in [0.5, 0.6) is 5.75 Å². The van der Waals surface area contributed by atoms with Gasteiger partial charge in [0.05, 0.1) is 97.5 Å². The number of methoxy groups -OCH3 is 1. The van der Waals surface area contributed by atoms with E-state index in [1.54, 1.807) is 19.9 Å². The third-order valence-electron chi connectivity index (χ3n) is 16.9. The number of benzene rings is 7. The molecule has 58 heteroatoms. The van der Waals surface area contributed by atoms with Gasteiger partial charge in [-0.2, -0.15) is 5.26 Å². The Morgan fingerprint density at radius 1 is 0.370 bits per heavy atom. The number of sulfonamides is 7. The number of nitrogens with two attached hydrogens (primary N) is 1. The molecule has 5 N–H and O–H groups in total. The number of phenolic OH excluding ortho intramolecular Hbond substituents is 1. The lowest BCUT2D eigenvalue weighted by Crippen LogP contribution is -2.24. The number of halogens is 1. The first kappa shape index (κ1) is 113. The lowest BCUT2D eigenvalue weighted by atomic mass is 10.1. The summed E-state index contributed by atoms with van der Waals surface area (Å²) in [4.78, 5) is 91.3. The molecule has 127 heavy (non-hydrogen) atoms. The van der Waals surface area contributed by atoms with Crippen molar-refractivity contribution in [1.29, 1.82) is 5.26 Å². The van der Waals surface area contributed by atoms with E-state index in [-0.39, 0.29) is 90.1 Å². The number of aromatic hydroxyl groups is 1. The molecule has 0 aromatic heterocycles. The summed E-state index contributed by atoms with van der Waals surface area (Å²) in [6.07, 6.45) is 0. The van der Waals surface area contributed by atoms with Crippen LogP contribution in [0.2, 0.25) is 0 Å². The average Bonchev–Trinajstić information content (AvgIpc) is 0.827. The third-order valence-corrected chi connectivity index (χ3v) is 31.3. The van der Waals surface area contributed by atoms with E-state index in [2.05, 4.69) is 15.9 Å². The highest BCUT2D eigenvalue weighted by Crippen LogP contribution is 2.37. The molecule has 7 aromatic rings. The van der Waals surface area contributed by atoms with Crippen LogP contribution in [0.4, 0.5) is 39.8 Å². The number of aliphatic hydroxyl groups is 1. The predicted octanol–water partition coefficient (Wildman–Crippen LogP) is 6.85. The van der Waals surface area contributed by atoms with E-state index in [1.165, 1.54) is 165 Å². The van der Waals surface area contributed by atoms with Gasteiger partial charge < -0.3 is 25.8 Å². The van der Waals surface area contributed by atoms with Gasteiger partial charge in [0, 0.05) is 148 Å². The first-order valence-corrected chi connectivity index (χ1v) is 45.4. The second-order valence-corrected chi connectivity index (χ2v) is 43.0. The van der Waals surface area contributed by atoms with Crippen molar-refractivity contribution < 1.29 is 123 Å². The summed E-state index contributed by atoms with van der Waals surface area (Å²) < 4.78 is 179. The molecule has 0 atom stereocenters. The zero-order valence-electron chi connectivity index (χ0n) is 71.5. The largest absolute Gasteiger partial charge is 0.502 e. The number of carboxylic acid groups (broad SMARTS) is 1. The molecule has 0 aliphatic rings. The first-order chi connectivity index (χ1) is 57.7. The van der Waals surface area contributed by atoms with Crippen molar-refractivity contribution in [3.05, 3.63) is 227 Å². The molecule has 7 rings (SSSR count). The number of phenols is 1. The number of aromatic carboxylic acids is 1. The molecule has 0 spiro atoms. The number of ether oxygens (including phenoxy) is 1. The average molecular weight is 1990 g/mol. The third kappa shape index (κ3) is 27.9. The van der Waals surface area contributed by atoms with Crippen molar-refractivity contribution in [1.82, 2.24) is 30.1 Å². The summed E-state index contributed by atoms with van der Waals surface area (Å²) in [5, 5.41) is 112. The number of nitro benzene ring substituents is 7. The number of hydrogen-bond donors (Lipinski definition) is 4. The predicted molar refractivity (Wildman–Crippen MR) is 457 cm³/mol. The molecular formula is C69H89BrN16O34S7. The normalized spacial score (nSPS) is 11.7. The van der Waals surface area contributed by atoms with Crippen LogP contribution in [0, 0.1) is 131 Å². The number of carboxylic acids is 1. The van der Waals surface area contributed by atoms with E-state index < -0.39 is 163 Å². The van der Waals surface area contributed by atoms with Crippen molar-refractivity contribution in [2.45, 2.75) is 95.9 Å². The minimum atomic E-state index is -3.87. The topological polar surface area (TPSA) is 718 Å². The Kier molecular flexibility index (Phi) is 40.3. The SMILES string of the molecule is COCc1cc(C)c(S(=O)(=O)N(C)C)cc1[N+](=O)[O-].Cc1cc(Br)c([N+](=O)[O-])cc1S(=O)(=O)N(C)C.Cc1cc(C#N)c([N+](=O)[O-])cc1S(=O)(=O)N(C)C.Cc1cc(C(=O)O)c([N+](=O)[O-])cc1S(=O)(=O)N(C)C.Cc1cc(C(N)=O)c([N+](=O)[O-])cc1S(=O)(=O)N(C)C.Cc1cc(CO)c([N+](=O)[O-])cc1S(=O)(=O)N(C)C.Cc1cc(O)c([N+](=O)[O-])cc1S(=O)(=O)N(C)C. The number of rotatable bonds is 26. The maximum Gasteiger partial charge on any atom is 0.342 e. The van der Waals surface area contributed by atoms with Gasteiger partial charge in [-0.3, -0.25) is 75.6 Å². The fourth-order valence-electron chi connectivity index (χ4n) is 10.1. The molecule has 7 aromatic carbocycles. The number of nitro groups is 7. The fraction of sp³-hybridized carbons (Fsp3) is 0.348. The number of aryl methyl sites for hydroxylation is 7. The molecule has 698 valence electrons. The highest BCUT2D eigenvalue weighted by molar-refractivity contribution is 9.10. The molecule has 0 saturated heterocycles. The Balaban J connectivity index is 0.000000741. The van der Waals surface area contributed by atoms with Crippen LogP contribution in [0.25, 0.3) is 0 Å². The van der Waals surface area contributed by atoms with Crippen LogP contribution >= 0.6 is 15.9 Å². The van der Waals surface area contributed by atoms with Gasteiger partial charge in [0.25, 0.3) is 40.0 Å². The second kappa shape index (κ2) is 45.2. The van der Waals surface area contributed by atoms with Gasteiger partial charge in [0.1, 0.15) is 22.8 Å². The van der Waals surface area contributed by atoms with E-state index in [0.717, 1.165) is 90.8 Å². The second-order valence-electron chi connectivity index (χ2n) is 27.3. The van der Waals surface area contributed by atoms with E-state index in [9.17, 15) is 144 Å². The maximum atomic E-state index is 12.1. The van der Waals surface area contributed by atoms with Gasteiger partial charge in [-0.25, -0.2) is 93.9 Å². The quantitative estimate of drug-likeness (QED) is 0.0318. The van der Waals surface area contributed by atoms with Crippen molar-refractivity contribution in [2.75, 3.05) is 106 Å². The molecule has 0 fully saturated rings. The molecule has 50 nitrogen and oxygen atoms in total. The van der Waals surface area contributed by atoms with E-state index in [1.807, 2.05) is 0 Å². The summed E-state index contributed by atoms with van der Waals surface area (Å²) >= 11 is 3.04. The van der Waals surface area contributed by atoms with Gasteiger partial charge in [-0.1, -0.05) is 0 Å². The van der Waals surface area contributed by atoms with Crippen molar-refractivity contribution in [3.63, 3.8) is 0 Å². The smallest absolute Gasteiger partial charge is 0.342 e. The highest BCUT2D eigenvalue weighted by Gasteiger charge is 2.34. The van der Waals surface area contributed by atoms with E-state index >= 15 is 0 Å². The van der Waals surface area contributed by atoms with E-state index in [0.29, 0.717) is 27.8 Å². The Hall–Kier alpha value is -11.7. The van der Waals surface area contributed by atoms with Gasteiger partial charge in [0.2, 0.25) is 70.2 Å². The number of carbonyl (C=O) groups excluding carboxylic acids is 1. The van der Waals surface area contributed by atoms with Gasteiger partial charge >= 0.3 is 11.7 Å². The Bertz CT molecular complexity index is 6190. The van der Waals surface area contributed by atoms with Gasteiger partial charge in [-0.15, -0.1) is 0 Å². The summed E-state index contributed by atoms with van der Waals surface area (Å²) in [5.41, 5.74) is 3.19. The number of nitrogens with zero attached hydrogens (tertiary/aromatic N) is 15. The molecule has 1 amide bonds. The molecule has 0 aliphatic heterocycles. The molecule has 0 heterocycles. The molecule has 0 bridgehead atoms. The maximum absolute atomic E-state index is 12.1. The zero-order valence-corrected chi connectivity index (χ0v) is 78.8. The van der Waals surface area contributed by atoms with Gasteiger partial charge in [-0.05, 0) is 146 Å². The van der Waals surface area contributed by atoms with Crippen LogP contribution in [0.1, 0.15) is 76.4 Å². The molecule has 0 aliphatic carbocycles. The van der Waals surface area contributed by atoms with E-state index in [4.69, 9.17) is 25.9 Å². The zero-order chi connectivity index (χ0) is 99.6. The number of hydrogen-bond acceptors (Lipinski definition) is 34. The number of amides is 1.